The van der Waals surface area contributed by atoms with Gasteiger partial charge in [-0.1, -0.05) is 12.5 Å². The number of nitrogens with zero attached hydrogens (tertiary/aromatic N) is 1. The number of esters is 1. The van der Waals surface area contributed by atoms with Crippen LogP contribution in [0.15, 0.2) is 11.6 Å². The Morgan fingerprint density at radius 1 is 1.37 bits per heavy atom. The van der Waals surface area contributed by atoms with Crippen molar-refractivity contribution in [2.75, 3.05) is 20.2 Å². The van der Waals surface area contributed by atoms with Crippen LogP contribution in [0.1, 0.15) is 34.1 Å². The molecule has 1 heterocycles. The van der Waals surface area contributed by atoms with Gasteiger partial charge in [0.15, 0.2) is 0 Å². The van der Waals surface area contributed by atoms with Gasteiger partial charge in [-0.05, 0) is 33.1 Å². The van der Waals surface area contributed by atoms with Crippen molar-refractivity contribution in [1.82, 2.24) is 4.90 Å². The number of amides is 1. The van der Waals surface area contributed by atoms with E-state index in [1.54, 1.807) is 4.90 Å². The van der Waals surface area contributed by atoms with Gasteiger partial charge in [0.25, 0.3) is 0 Å². The van der Waals surface area contributed by atoms with Crippen LogP contribution < -0.4 is 0 Å². The minimum Gasteiger partial charge on any atom is -0.466 e. The SMILES string of the molecule is COC(=O)/C=C1/CCN(C(=O)OC(C)(C)C)CC1C. The van der Waals surface area contributed by atoms with Crippen LogP contribution in [0.3, 0.4) is 0 Å². The molecular formula is C14H23NO4. The molecule has 0 N–H and O–H groups in total. The van der Waals surface area contributed by atoms with Gasteiger partial charge in [0.05, 0.1) is 7.11 Å². The smallest absolute Gasteiger partial charge is 0.410 e. The Labute approximate surface area is 114 Å². The predicted molar refractivity (Wildman–Crippen MR) is 71.7 cm³/mol. The molecule has 0 aromatic heterocycles. The Hall–Kier alpha value is -1.52. The first-order valence-corrected chi connectivity index (χ1v) is 6.49. The molecule has 0 saturated carbocycles. The van der Waals surface area contributed by atoms with Crippen molar-refractivity contribution in [1.29, 1.82) is 0 Å². The van der Waals surface area contributed by atoms with Gasteiger partial charge in [-0.25, -0.2) is 9.59 Å². The van der Waals surface area contributed by atoms with Gasteiger partial charge in [0.1, 0.15) is 5.60 Å². The van der Waals surface area contributed by atoms with E-state index in [0.29, 0.717) is 19.5 Å². The summed E-state index contributed by atoms with van der Waals surface area (Å²) in [4.78, 5) is 24.8. The highest BCUT2D eigenvalue weighted by Crippen LogP contribution is 2.24. The standard InChI is InChI=1S/C14H23NO4/c1-10-9-15(13(17)19-14(2,3)4)7-6-11(10)8-12(16)18-5/h8,10H,6-7,9H2,1-5H3/b11-8-. The highest BCUT2D eigenvalue weighted by molar-refractivity contribution is 5.82. The topological polar surface area (TPSA) is 55.8 Å². The molecule has 0 spiro atoms. The quantitative estimate of drug-likeness (QED) is 0.541. The molecule has 0 aromatic carbocycles. The molecule has 0 radical (unpaired) electrons. The van der Waals surface area contributed by atoms with E-state index in [4.69, 9.17) is 4.74 Å². The Morgan fingerprint density at radius 2 is 2.00 bits per heavy atom. The van der Waals surface area contributed by atoms with Gasteiger partial charge in [-0.15, -0.1) is 0 Å². The monoisotopic (exact) mass is 269 g/mol. The summed E-state index contributed by atoms with van der Waals surface area (Å²) in [6.45, 7) is 8.67. The first-order chi connectivity index (χ1) is 8.73. The van der Waals surface area contributed by atoms with Gasteiger partial charge in [-0.3, -0.25) is 0 Å². The number of methoxy groups -OCH3 is 1. The van der Waals surface area contributed by atoms with Crippen LogP contribution in [-0.4, -0.2) is 42.8 Å². The molecule has 1 aliphatic rings. The first kappa shape index (κ1) is 15.5. The van der Waals surface area contributed by atoms with E-state index in [0.717, 1.165) is 5.57 Å². The minimum atomic E-state index is -0.484. The van der Waals surface area contributed by atoms with Crippen molar-refractivity contribution in [3.05, 3.63) is 11.6 Å². The van der Waals surface area contributed by atoms with Crippen LogP contribution in [0.4, 0.5) is 4.79 Å². The average Bonchev–Trinajstić information content (AvgIpc) is 2.29. The zero-order valence-electron chi connectivity index (χ0n) is 12.4. The van der Waals surface area contributed by atoms with E-state index in [2.05, 4.69) is 4.74 Å². The lowest BCUT2D eigenvalue weighted by Gasteiger charge is -2.34. The molecule has 1 aliphatic heterocycles. The molecule has 1 unspecified atom stereocenters. The van der Waals surface area contributed by atoms with Crippen molar-refractivity contribution in [2.45, 2.75) is 39.7 Å². The van der Waals surface area contributed by atoms with Crippen LogP contribution in [0, 0.1) is 5.92 Å². The highest BCUT2D eigenvalue weighted by Gasteiger charge is 2.28. The van der Waals surface area contributed by atoms with Crippen molar-refractivity contribution in [3.63, 3.8) is 0 Å². The fourth-order valence-corrected chi connectivity index (χ4v) is 1.97. The summed E-state index contributed by atoms with van der Waals surface area (Å²) in [6, 6.07) is 0. The van der Waals surface area contributed by atoms with Crippen molar-refractivity contribution < 1.29 is 19.1 Å². The minimum absolute atomic E-state index is 0.139. The zero-order valence-corrected chi connectivity index (χ0v) is 12.4. The van der Waals surface area contributed by atoms with E-state index in [1.165, 1.54) is 13.2 Å². The Balaban J connectivity index is 2.61. The van der Waals surface area contributed by atoms with Crippen molar-refractivity contribution in [3.8, 4) is 0 Å². The average molecular weight is 269 g/mol. The van der Waals surface area contributed by atoms with E-state index in [-0.39, 0.29) is 18.0 Å². The molecule has 5 heteroatoms. The molecule has 1 atom stereocenters. The zero-order chi connectivity index (χ0) is 14.6. The second-order valence-corrected chi connectivity index (χ2v) is 5.82. The third-order valence-electron chi connectivity index (χ3n) is 2.95. The first-order valence-electron chi connectivity index (χ1n) is 6.49. The number of carbonyl (C=O) groups excluding carboxylic acids is 2. The third-order valence-corrected chi connectivity index (χ3v) is 2.95. The molecule has 0 bridgehead atoms. The number of piperidine rings is 1. The number of likely N-dealkylation sites (tertiary alicyclic amines) is 1. The van der Waals surface area contributed by atoms with Gasteiger partial charge >= 0.3 is 12.1 Å². The van der Waals surface area contributed by atoms with Gasteiger partial charge in [0.2, 0.25) is 0 Å². The van der Waals surface area contributed by atoms with E-state index in [1.807, 2.05) is 27.7 Å². The molecule has 108 valence electrons. The molecule has 1 rings (SSSR count). The third kappa shape index (κ3) is 4.93. The predicted octanol–water partition coefficient (Wildman–Crippen LogP) is 2.36. The van der Waals surface area contributed by atoms with Crippen LogP contribution in [0.2, 0.25) is 0 Å². The number of rotatable bonds is 1. The molecule has 1 fully saturated rings. The second-order valence-electron chi connectivity index (χ2n) is 5.82. The molecule has 19 heavy (non-hydrogen) atoms. The molecular weight excluding hydrogens is 246 g/mol. The fraction of sp³-hybridized carbons (Fsp3) is 0.714. The molecule has 1 amide bonds. The van der Waals surface area contributed by atoms with Crippen LogP contribution >= 0.6 is 0 Å². The van der Waals surface area contributed by atoms with Crippen LogP contribution in [0.5, 0.6) is 0 Å². The normalized spacial score (nSPS) is 22.3. The molecule has 1 saturated heterocycles. The second kappa shape index (κ2) is 6.08. The number of hydrogen-bond acceptors (Lipinski definition) is 4. The highest BCUT2D eigenvalue weighted by atomic mass is 16.6. The lowest BCUT2D eigenvalue weighted by molar-refractivity contribution is -0.134. The van der Waals surface area contributed by atoms with Crippen molar-refractivity contribution in [2.24, 2.45) is 5.92 Å². The maximum Gasteiger partial charge on any atom is 0.410 e. The Bertz CT molecular complexity index is 381. The summed E-state index contributed by atoms with van der Waals surface area (Å²) in [5.41, 5.74) is 0.536. The van der Waals surface area contributed by atoms with Gasteiger partial charge in [0, 0.05) is 19.2 Å². The number of hydrogen-bond donors (Lipinski definition) is 0. The fourth-order valence-electron chi connectivity index (χ4n) is 1.97. The summed E-state index contributed by atoms with van der Waals surface area (Å²) < 4.78 is 9.96. The molecule has 0 aromatic rings. The van der Waals surface area contributed by atoms with Gasteiger partial charge in [-0.2, -0.15) is 0 Å². The summed E-state index contributed by atoms with van der Waals surface area (Å²) in [5, 5.41) is 0. The summed E-state index contributed by atoms with van der Waals surface area (Å²) in [6.07, 6.45) is 1.91. The summed E-state index contributed by atoms with van der Waals surface area (Å²) in [7, 11) is 1.36. The molecule has 5 nitrogen and oxygen atoms in total. The van der Waals surface area contributed by atoms with Crippen molar-refractivity contribution >= 4 is 12.1 Å². The maximum atomic E-state index is 11.9. The lowest BCUT2D eigenvalue weighted by Crippen LogP contribution is -2.43. The van der Waals surface area contributed by atoms with E-state index >= 15 is 0 Å². The summed E-state index contributed by atoms with van der Waals surface area (Å²) in [5.74, 6) is -0.201. The summed E-state index contributed by atoms with van der Waals surface area (Å²) >= 11 is 0. The Kier molecular flexibility index (Phi) is 4.97. The van der Waals surface area contributed by atoms with Crippen LogP contribution in [-0.2, 0) is 14.3 Å². The maximum absolute atomic E-state index is 11.9. The van der Waals surface area contributed by atoms with Gasteiger partial charge < -0.3 is 14.4 Å². The Morgan fingerprint density at radius 3 is 2.47 bits per heavy atom. The van der Waals surface area contributed by atoms with E-state index in [9.17, 15) is 9.59 Å². The number of ether oxygens (including phenoxy) is 2. The lowest BCUT2D eigenvalue weighted by atomic mass is 9.93. The number of carbonyl (C=O) groups is 2. The van der Waals surface area contributed by atoms with Crippen LogP contribution in [0.25, 0.3) is 0 Å². The largest absolute Gasteiger partial charge is 0.466 e. The van der Waals surface area contributed by atoms with E-state index < -0.39 is 5.60 Å². The molecule has 0 aliphatic carbocycles.